The number of nitrogens with zero attached hydrogens (tertiary/aromatic N) is 4. The normalized spacial score (nSPS) is 13.2. The van der Waals surface area contributed by atoms with Gasteiger partial charge in [-0.1, -0.05) is 12.2 Å². The molecule has 1 aromatic carbocycles. The van der Waals surface area contributed by atoms with Gasteiger partial charge in [-0.15, -0.1) is 0 Å². The van der Waals surface area contributed by atoms with Crippen molar-refractivity contribution >= 4 is 11.5 Å². The molecule has 0 unspecified atom stereocenters. The first-order chi connectivity index (χ1) is 14.5. The average molecular weight is 404 g/mol. The van der Waals surface area contributed by atoms with Crippen molar-refractivity contribution in [2.75, 3.05) is 7.11 Å². The summed E-state index contributed by atoms with van der Waals surface area (Å²) in [6.07, 6.45) is 7.64. The molecule has 4 rings (SSSR count). The number of benzene rings is 1. The molecule has 0 amide bonds. The molecule has 154 valence electrons. The number of aromatic nitrogens is 4. The molecule has 0 fully saturated rings. The first kappa shape index (κ1) is 19.7. The SMILES string of the molecule is C/C=C\C(=C/C)n1nc(C(C)=O)c2c1-c1cc(-c3ccnn3C)c(OC)cc1OC2. The van der Waals surface area contributed by atoms with E-state index in [0.29, 0.717) is 17.2 Å². The van der Waals surface area contributed by atoms with E-state index in [1.165, 1.54) is 6.92 Å². The Morgan fingerprint density at radius 3 is 2.67 bits per heavy atom. The monoisotopic (exact) mass is 404 g/mol. The van der Waals surface area contributed by atoms with Crippen LogP contribution in [0.4, 0.5) is 0 Å². The van der Waals surface area contributed by atoms with Crippen molar-refractivity contribution in [1.29, 1.82) is 0 Å². The molecule has 0 N–H and O–H groups in total. The van der Waals surface area contributed by atoms with E-state index in [-0.39, 0.29) is 12.4 Å². The third-order valence-corrected chi connectivity index (χ3v) is 5.22. The summed E-state index contributed by atoms with van der Waals surface area (Å²) in [4.78, 5) is 12.3. The molecule has 3 aromatic rings. The van der Waals surface area contributed by atoms with Gasteiger partial charge in [0.25, 0.3) is 0 Å². The van der Waals surface area contributed by atoms with Crippen molar-refractivity contribution in [3.05, 3.63) is 53.9 Å². The predicted molar refractivity (Wildman–Crippen MR) is 116 cm³/mol. The van der Waals surface area contributed by atoms with Gasteiger partial charge >= 0.3 is 0 Å². The third kappa shape index (κ3) is 3.03. The van der Waals surface area contributed by atoms with Crippen molar-refractivity contribution in [3.8, 4) is 34.0 Å². The molecular formula is C23H24N4O3. The van der Waals surface area contributed by atoms with Crippen molar-refractivity contribution in [1.82, 2.24) is 19.6 Å². The molecule has 0 aliphatic carbocycles. The Hall–Kier alpha value is -3.61. The van der Waals surface area contributed by atoms with Gasteiger partial charge in [0.05, 0.1) is 24.2 Å². The number of fused-ring (bicyclic) bond motifs is 3. The molecule has 0 saturated carbocycles. The van der Waals surface area contributed by atoms with Crippen LogP contribution >= 0.6 is 0 Å². The molecule has 1 aliphatic rings. The van der Waals surface area contributed by atoms with Crippen LogP contribution in [0, 0.1) is 0 Å². The van der Waals surface area contributed by atoms with Crippen LogP contribution in [0.15, 0.2) is 42.6 Å². The van der Waals surface area contributed by atoms with E-state index in [1.807, 2.05) is 62.0 Å². The second-order valence-corrected chi connectivity index (χ2v) is 7.03. The Balaban J connectivity index is 2.04. The minimum Gasteiger partial charge on any atom is -0.496 e. The quantitative estimate of drug-likeness (QED) is 0.463. The van der Waals surface area contributed by atoms with Crippen molar-refractivity contribution in [3.63, 3.8) is 0 Å². The van der Waals surface area contributed by atoms with E-state index in [1.54, 1.807) is 18.0 Å². The summed E-state index contributed by atoms with van der Waals surface area (Å²) >= 11 is 0. The molecule has 0 saturated heterocycles. The van der Waals surface area contributed by atoms with Gasteiger partial charge < -0.3 is 9.47 Å². The fourth-order valence-corrected chi connectivity index (χ4v) is 3.82. The van der Waals surface area contributed by atoms with Gasteiger partial charge in [-0.25, -0.2) is 4.68 Å². The topological polar surface area (TPSA) is 71.2 Å². The van der Waals surface area contributed by atoms with Crippen LogP contribution in [0.5, 0.6) is 11.5 Å². The van der Waals surface area contributed by atoms with Crippen LogP contribution in [0.2, 0.25) is 0 Å². The van der Waals surface area contributed by atoms with Crippen molar-refractivity contribution < 1.29 is 14.3 Å². The largest absolute Gasteiger partial charge is 0.496 e. The first-order valence-corrected chi connectivity index (χ1v) is 9.75. The van der Waals surface area contributed by atoms with Crippen LogP contribution in [0.3, 0.4) is 0 Å². The zero-order valence-electron chi connectivity index (χ0n) is 17.8. The lowest BCUT2D eigenvalue weighted by Crippen LogP contribution is -2.10. The molecule has 30 heavy (non-hydrogen) atoms. The zero-order chi connectivity index (χ0) is 21.4. The number of ketones is 1. The highest BCUT2D eigenvalue weighted by Crippen LogP contribution is 2.45. The summed E-state index contributed by atoms with van der Waals surface area (Å²) in [5.41, 5.74) is 5.62. The summed E-state index contributed by atoms with van der Waals surface area (Å²) in [5.74, 6) is 1.30. The lowest BCUT2D eigenvalue weighted by molar-refractivity contribution is 0.101. The van der Waals surface area contributed by atoms with Gasteiger partial charge in [-0.2, -0.15) is 10.2 Å². The van der Waals surface area contributed by atoms with Crippen molar-refractivity contribution in [2.45, 2.75) is 27.4 Å². The highest BCUT2D eigenvalue weighted by atomic mass is 16.5. The van der Waals surface area contributed by atoms with Crippen LogP contribution < -0.4 is 9.47 Å². The maximum atomic E-state index is 12.3. The number of allylic oxidation sites excluding steroid dienone is 4. The fraction of sp³-hybridized carbons (Fsp3) is 0.261. The van der Waals surface area contributed by atoms with Gasteiger partial charge in [0.15, 0.2) is 5.78 Å². The lowest BCUT2D eigenvalue weighted by Gasteiger charge is -2.22. The van der Waals surface area contributed by atoms with E-state index in [2.05, 4.69) is 10.2 Å². The van der Waals surface area contributed by atoms with Crippen molar-refractivity contribution in [2.24, 2.45) is 7.05 Å². The smallest absolute Gasteiger partial charge is 0.180 e. The summed E-state index contributed by atoms with van der Waals surface area (Å²) in [7, 11) is 3.52. The molecule has 0 bridgehead atoms. The summed E-state index contributed by atoms with van der Waals surface area (Å²) < 4.78 is 15.3. The highest BCUT2D eigenvalue weighted by Gasteiger charge is 2.30. The Bertz CT molecular complexity index is 1200. The summed E-state index contributed by atoms with van der Waals surface area (Å²) in [5, 5.41) is 8.94. The number of hydrogen-bond donors (Lipinski definition) is 0. The number of rotatable bonds is 5. The number of methoxy groups -OCH3 is 1. The highest BCUT2D eigenvalue weighted by molar-refractivity contribution is 5.97. The van der Waals surface area contributed by atoms with Gasteiger partial charge in [-0.3, -0.25) is 9.48 Å². The molecule has 0 radical (unpaired) electrons. The Labute approximate surface area is 175 Å². The van der Waals surface area contributed by atoms with Gasteiger partial charge in [-0.05, 0) is 32.1 Å². The number of carbonyl (C=O) groups excluding carboxylic acids is 1. The van der Waals surface area contributed by atoms with E-state index in [4.69, 9.17) is 9.47 Å². The number of hydrogen-bond acceptors (Lipinski definition) is 5. The maximum absolute atomic E-state index is 12.3. The Morgan fingerprint density at radius 2 is 2.07 bits per heavy atom. The van der Waals surface area contributed by atoms with E-state index in [0.717, 1.165) is 33.8 Å². The maximum Gasteiger partial charge on any atom is 0.180 e. The molecule has 3 heterocycles. The molecule has 1 aliphatic heterocycles. The second kappa shape index (κ2) is 7.67. The molecule has 0 atom stereocenters. The molecule has 2 aromatic heterocycles. The van der Waals surface area contributed by atoms with Crippen LogP contribution in [0.25, 0.3) is 28.2 Å². The number of carbonyl (C=O) groups is 1. The molecule has 0 spiro atoms. The average Bonchev–Trinajstić information content (AvgIpc) is 3.34. The summed E-state index contributed by atoms with van der Waals surface area (Å²) in [6.45, 7) is 5.71. The minimum atomic E-state index is -0.0895. The zero-order valence-corrected chi connectivity index (χ0v) is 17.8. The van der Waals surface area contributed by atoms with Crippen LogP contribution in [-0.4, -0.2) is 32.5 Å². The third-order valence-electron chi connectivity index (χ3n) is 5.22. The molecular weight excluding hydrogens is 380 g/mol. The fourth-order valence-electron chi connectivity index (χ4n) is 3.82. The van der Waals surface area contributed by atoms with Crippen LogP contribution in [-0.2, 0) is 13.7 Å². The van der Waals surface area contributed by atoms with Gasteiger partial charge in [0.2, 0.25) is 0 Å². The first-order valence-electron chi connectivity index (χ1n) is 9.75. The van der Waals surface area contributed by atoms with E-state index >= 15 is 0 Å². The van der Waals surface area contributed by atoms with E-state index < -0.39 is 0 Å². The number of aryl methyl sites for hydroxylation is 1. The predicted octanol–water partition coefficient (Wildman–Crippen LogP) is 4.49. The number of Topliss-reactive ketones (excluding diaryl/α,β-unsaturated/α-hetero) is 1. The lowest BCUT2D eigenvalue weighted by atomic mass is 9.97. The van der Waals surface area contributed by atoms with Gasteiger partial charge in [0, 0.05) is 42.9 Å². The Morgan fingerprint density at radius 1 is 1.27 bits per heavy atom. The molecule has 7 heteroatoms. The van der Waals surface area contributed by atoms with Crippen LogP contribution in [0.1, 0.15) is 36.8 Å². The Kier molecular flexibility index (Phi) is 5.03. The second-order valence-electron chi connectivity index (χ2n) is 7.03. The number of ether oxygens (including phenoxy) is 2. The standard InChI is InChI=1S/C23H24N4O3/c1-6-8-15(7-2)27-23-17-11-16(19-9-10-24-26(19)4)20(29-5)12-21(17)30-13-18(23)22(25-27)14(3)28/h6-12H,13H2,1-5H3/b8-6-,15-7+. The van der Waals surface area contributed by atoms with Gasteiger partial charge in [0.1, 0.15) is 23.8 Å². The van der Waals surface area contributed by atoms with E-state index in [9.17, 15) is 4.79 Å². The minimum absolute atomic E-state index is 0.0895. The summed E-state index contributed by atoms with van der Waals surface area (Å²) in [6, 6.07) is 5.84. The molecule has 7 nitrogen and oxygen atoms in total.